The predicted molar refractivity (Wildman–Crippen MR) is 63.7 cm³/mol. The monoisotopic (exact) mass is 202 g/mol. The zero-order valence-corrected chi connectivity index (χ0v) is 9.44. The van der Waals surface area contributed by atoms with E-state index in [1.165, 1.54) is 11.1 Å². The number of hydrogen-bond acceptors (Lipinski definition) is 1. The van der Waals surface area contributed by atoms with Crippen LogP contribution in [0.3, 0.4) is 0 Å². The van der Waals surface area contributed by atoms with Gasteiger partial charge in [0.15, 0.2) is 0 Å². The highest BCUT2D eigenvalue weighted by atomic mass is 16.5. The topological polar surface area (TPSA) is 9.23 Å². The Morgan fingerprint density at radius 1 is 1.07 bits per heavy atom. The average molecular weight is 202 g/mol. The second kappa shape index (κ2) is 4.63. The Morgan fingerprint density at radius 2 is 1.80 bits per heavy atom. The number of ether oxygens (including phenoxy) is 1. The molecular formula is C14H18O. The Labute approximate surface area is 91.8 Å². The summed E-state index contributed by atoms with van der Waals surface area (Å²) in [7, 11) is 0. The summed E-state index contributed by atoms with van der Waals surface area (Å²) in [6, 6.07) is 10.5. The minimum absolute atomic E-state index is 0.289. The fourth-order valence-corrected chi connectivity index (χ4v) is 2.07. The van der Waals surface area contributed by atoms with Gasteiger partial charge in [-0.1, -0.05) is 44.2 Å². The second-order valence-electron chi connectivity index (χ2n) is 3.97. The van der Waals surface area contributed by atoms with Gasteiger partial charge in [-0.3, -0.25) is 0 Å². The quantitative estimate of drug-likeness (QED) is 0.727. The molecule has 0 saturated heterocycles. The van der Waals surface area contributed by atoms with Crippen LogP contribution in [0.25, 0.3) is 5.57 Å². The molecule has 0 aromatic heterocycles. The maximum absolute atomic E-state index is 5.93. The highest BCUT2D eigenvalue weighted by Crippen LogP contribution is 2.31. The number of benzene rings is 1. The van der Waals surface area contributed by atoms with E-state index in [1.807, 2.05) is 0 Å². The molecule has 1 aromatic carbocycles. The van der Waals surface area contributed by atoms with Crippen molar-refractivity contribution < 1.29 is 4.74 Å². The Bertz CT molecular complexity index is 340. The molecule has 1 heterocycles. The molecule has 0 fully saturated rings. The van der Waals surface area contributed by atoms with Gasteiger partial charge in [0.25, 0.3) is 0 Å². The molecule has 0 spiro atoms. The zero-order chi connectivity index (χ0) is 10.7. The van der Waals surface area contributed by atoms with Crippen LogP contribution >= 0.6 is 0 Å². The molecule has 0 aliphatic carbocycles. The highest BCUT2D eigenvalue weighted by Gasteiger charge is 2.25. The Morgan fingerprint density at radius 3 is 2.40 bits per heavy atom. The van der Waals surface area contributed by atoms with Crippen LogP contribution in [-0.2, 0) is 4.74 Å². The van der Waals surface area contributed by atoms with Crippen LogP contribution in [-0.4, -0.2) is 12.2 Å². The van der Waals surface area contributed by atoms with Gasteiger partial charge in [-0.25, -0.2) is 0 Å². The first kappa shape index (κ1) is 10.4. The third-order valence-electron chi connectivity index (χ3n) is 2.93. The minimum atomic E-state index is 0.289. The molecule has 1 aliphatic rings. The molecule has 1 aromatic rings. The molecule has 0 saturated carbocycles. The first-order valence-electron chi connectivity index (χ1n) is 5.77. The van der Waals surface area contributed by atoms with E-state index >= 15 is 0 Å². The standard InChI is InChI=1S/C14H18O/c1-3-12-10-13(14(4-2)15-12)11-8-6-5-7-9-11/h5-10,12,14H,3-4H2,1-2H3/t12-,14-/m0/s1. The van der Waals surface area contributed by atoms with Gasteiger partial charge in [0.2, 0.25) is 0 Å². The Balaban J connectivity index is 2.27. The summed E-state index contributed by atoms with van der Waals surface area (Å²) in [5.74, 6) is 0. The van der Waals surface area contributed by atoms with E-state index in [9.17, 15) is 0 Å². The molecule has 0 N–H and O–H groups in total. The number of rotatable bonds is 3. The predicted octanol–water partition coefficient (Wildman–Crippen LogP) is 3.66. The van der Waals surface area contributed by atoms with Crippen molar-refractivity contribution in [3.8, 4) is 0 Å². The highest BCUT2D eigenvalue weighted by molar-refractivity contribution is 5.70. The Hall–Kier alpha value is -1.08. The van der Waals surface area contributed by atoms with Crippen LogP contribution < -0.4 is 0 Å². The van der Waals surface area contributed by atoms with Crippen molar-refractivity contribution in [1.29, 1.82) is 0 Å². The van der Waals surface area contributed by atoms with Gasteiger partial charge in [0.05, 0.1) is 12.2 Å². The van der Waals surface area contributed by atoms with E-state index in [0.717, 1.165) is 12.8 Å². The van der Waals surface area contributed by atoms with Crippen molar-refractivity contribution in [1.82, 2.24) is 0 Å². The molecular weight excluding hydrogens is 184 g/mol. The van der Waals surface area contributed by atoms with Gasteiger partial charge in [0.1, 0.15) is 0 Å². The molecule has 0 bridgehead atoms. The second-order valence-corrected chi connectivity index (χ2v) is 3.97. The van der Waals surface area contributed by atoms with Crippen LogP contribution in [0.2, 0.25) is 0 Å². The Kier molecular flexibility index (Phi) is 3.22. The van der Waals surface area contributed by atoms with Gasteiger partial charge in [-0.15, -0.1) is 0 Å². The van der Waals surface area contributed by atoms with E-state index in [0.29, 0.717) is 6.10 Å². The van der Waals surface area contributed by atoms with Crippen LogP contribution in [0.5, 0.6) is 0 Å². The molecule has 0 unspecified atom stereocenters. The fraction of sp³-hybridized carbons (Fsp3) is 0.429. The molecule has 1 heteroatoms. The summed E-state index contributed by atoms with van der Waals surface area (Å²) in [4.78, 5) is 0. The fourth-order valence-electron chi connectivity index (χ4n) is 2.07. The van der Waals surface area contributed by atoms with E-state index in [-0.39, 0.29) is 6.10 Å². The lowest BCUT2D eigenvalue weighted by molar-refractivity contribution is 0.0606. The van der Waals surface area contributed by atoms with Crippen molar-refractivity contribution in [3.63, 3.8) is 0 Å². The van der Waals surface area contributed by atoms with E-state index in [1.54, 1.807) is 0 Å². The lowest BCUT2D eigenvalue weighted by atomic mass is 9.99. The third-order valence-corrected chi connectivity index (χ3v) is 2.93. The van der Waals surface area contributed by atoms with Crippen LogP contribution in [0.15, 0.2) is 36.4 Å². The molecule has 1 nitrogen and oxygen atoms in total. The summed E-state index contributed by atoms with van der Waals surface area (Å²) < 4.78 is 5.93. The summed E-state index contributed by atoms with van der Waals surface area (Å²) in [5, 5.41) is 0. The van der Waals surface area contributed by atoms with Gasteiger partial charge in [0, 0.05) is 0 Å². The molecule has 15 heavy (non-hydrogen) atoms. The maximum atomic E-state index is 5.93. The molecule has 2 atom stereocenters. The minimum Gasteiger partial charge on any atom is -0.366 e. The molecule has 1 aliphatic heterocycles. The average Bonchev–Trinajstić information content (AvgIpc) is 2.73. The van der Waals surface area contributed by atoms with Crippen molar-refractivity contribution in [2.24, 2.45) is 0 Å². The van der Waals surface area contributed by atoms with Crippen LogP contribution in [0, 0.1) is 0 Å². The largest absolute Gasteiger partial charge is 0.366 e. The lowest BCUT2D eigenvalue weighted by Gasteiger charge is -2.14. The first-order valence-corrected chi connectivity index (χ1v) is 5.77. The summed E-state index contributed by atoms with van der Waals surface area (Å²) in [5.41, 5.74) is 2.67. The number of hydrogen-bond donors (Lipinski definition) is 0. The summed E-state index contributed by atoms with van der Waals surface area (Å²) in [6.45, 7) is 4.35. The van der Waals surface area contributed by atoms with Gasteiger partial charge in [-0.2, -0.15) is 0 Å². The normalized spacial score (nSPS) is 25.3. The summed E-state index contributed by atoms with van der Waals surface area (Å²) in [6.07, 6.45) is 5.00. The van der Waals surface area contributed by atoms with Gasteiger partial charge < -0.3 is 4.74 Å². The van der Waals surface area contributed by atoms with Crippen LogP contribution in [0.1, 0.15) is 32.3 Å². The van der Waals surface area contributed by atoms with Gasteiger partial charge >= 0.3 is 0 Å². The van der Waals surface area contributed by atoms with E-state index in [4.69, 9.17) is 4.74 Å². The van der Waals surface area contributed by atoms with Crippen molar-refractivity contribution in [2.45, 2.75) is 38.9 Å². The first-order chi connectivity index (χ1) is 7.35. The van der Waals surface area contributed by atoms with Crippen molar-refractivity contribution >= 4 is 5.57 Å². The molecule has 2 rings (SSSR count). The molecule has 80 valence electrons. The van der Waals surface area contributed by atoms with Crippen molar-refractivity contribution in [3.05, 3.63) is 42.0 Å². The van der Waals surface area contributed by atoms with Crippen LogP contribution in [0.4, 0.5) is 0 Å². The third kappa shape index (κ3) is 2.13. The smallest absolute Gasteiger partial charge is 0.0834 e. The zero-order valence-electron chi connectivity index (χ0n) is 9.44. The molecule has 0 amide bonds. The summed E-state index contributed by atoms with van der Waals surface area (Å²) >= 11 is 0. The molecule has 0 radical (unpaired) electrons. The van der Waals surface area contributed by atoms with E-state index in [2.05, 4.69) is 50.3 Å². The lowest BCUT2D eigenvalue weighted by Crippen LogP contribution is -2.12. The van der Waals surface area contributed by atoms with Gasteiger partial charge in [-0.05, 0) is 30.1 Å². The van der Waals surface area contributed by atoms with Crippen molar-refractivity contribution in [2.75, 3.05) is 0 Å². The SMILES string of the molecule is CC[C@H]1C=C(c2ccccc2)[C@H](CC)O1. The van der Waals surface area contributed by atoms with E-state index < -0.39 is 0 Å². The maximum Gasteiger partial charge on any atom is 0.0834 e.